The number of hydrogen-bond donors (Lipinski definition) is 2. The van der Waals surface area contributed by atoms with Crippen LogP contribution in [-0.2, 0) is 10.0 Å². The predicted molar refractivity (Wildman–Crippen MR) is 80.9 cm³/mol. The van der Waals surface area contributed by atoms with Gasteiger partial charge in [-0.1, -0.05) is 6.42 Å². The molecule has 5 nitrogen and oxygen atoms in total. The summed E-state index contributed by atoms with van der Waals surface area (Å²) >= 11 is 0. The molecule has 0 spiro atoms. The molecule has 21 heavy (non-hydrogen) atoms. The van der Waals surface area contributed by atoms with Crippen LogP contribution < -0.4 is 10.5 Å². The summed E-state index contributed by atoms with van der Waals surface area (Å²) in [6.45, 7) is 3.46. The molecule has 0 unspecified atom stereocenters. The first kappa shape index (κ1) is 16.2. The minimum atomic E-state index is -3.62. The zero-order valence-electron chi connectivity index (χ0n) is 12.0. The minimum absolute atomic E-state index is 0.000581. The number of halogens is 1. The van der Waals surface area contributed by atoms with Crippen molar-refractivity contribution >= 4 is 15.7 Å². The van der Waals surface area contributed by atoms with E-state index in [1.54, 1.807) is 0 Å². The fourth-order valence-electron chi connectivity index (χ4n) is 2.46. The van der Waals surface area contributed by atoms with Gasteiger partial charge in [-0.25, -0.2) is 17.5 Å². The Morgan fingerprint density at radius 3 is 2.62 bits per heavy atom. The molecule has 1 aromatic carbocycles. The van der Waals surface area contributed by atoms with Gasteiger partial charge in [-0.2, -0.15) is 0 Å². The van der Waals surface area contributed by atoms with Crippen LogP contribution in [0.2, 0.25) is 0 Å². The minimum Gasteiger partial charge on any atom is -0.396 e. The Hall–Kier alpha value is -1.18. The van der Waals surface area contributed by atoms with E-state index in [2.05, 4.69) is 9.62 Å². The molecule has 1 aliphatic heterocycles. The largest absolute Gasteiger partial charge is 0.396 e. The second-order valence-corrected chi connectivity index (χ2v) is 7.10. The van der Waals surface area contributed by atoms with Gasteiger partial charge in [0.05, 0.1) is 10.6 Å². The summed E-state index contributed by atoms with van der Waals surface area (Å²) in [7, 11) is -3.62. The second kappa shape index (κ2) is 7.20. The van der Waals surface area contributed by atoms with E-state index >= 15 is 0 Å². The zero-order valence-corrected chi connectivity index (χ0v) is 12.8. The summed E-state index contributed by atoms with van der Waals surface area (Å²) in [6.07, 6.45) is 4.49. The van der Waals surface area contributed by atoms with Gasteiger partial charge in [0.25, 0.3) is 0 Å². The van der Waals surface area contributed by atoms with Gasteiger partial charge in [0.15, 0.2) is 0 Å². The third kappa shape index (κ3) is 4.66. The molecular weight excluding hydrogens is 293 g/mol. The van der Waals surface area contributed by atoms with E-state index in [0.29, 0.717) is 6.54 Å². The van der Waals surface area contributed by atoms with E-state index < -0.39 is 15.8 Å². The fraction of sp³-hybridized carbons (Fsp3) is 0.571. The fourth-order valence-corrected chi connectivity index (χ4v) is 3.57. The number of likely N-dealkylation sites (tertiary alicyclic amines) is 1. The maximum Gasteiger partial charge on any atom is 0.240 e. The number of anilines is 1. The van der Waals surface area contributed by atoms with Crippen molar-refractivity contribution in [1.82, 2.24) is 9.62 Å². The van der Waals surface area contributed by atoms with Crippen LogP contribution in [0.1, 0.15) is 25.7 Å². The van der Waals surface area contributed by atoms with E-state index in [0.717, 1.165) is 38.2 Å². The molecular formula is C14H22FN3O2S. The van der Waals surface area contributed by atoms with Gasteiger partial charge in [0, 0.05) is 6.54 Å². The number of nitrogen functional groups attached to an aromatic ring is 1. The van der Waals surface area contributed by atoms with Crippen LogP contribution in [0.15, 0.2) is 23.1 Å². The Bertz CT molecular complexity index is 572. The maximum atomic E-state index is 13.1. The highest BCUT2D eigenvalue weighted by Gasteiger charge is 2.15. The van der Waals surface area contributed by atoms with Gasteiger partial charge in [-0.05, 0) is 57.1 Å². The lowest BCUT2D eigenvalue weighted by Gasteiger charge is -2.26. The number of piperidine rings is 1. The number of rotatable bonds is 6. The Balaban J connectivity index is 1.82. The van der Waals surface area contributed by atoms with Crippen molar-refractivity contribution in [3.63, 3.8) is 0 Å². The van der Waals surface area contributed by atoms with Gasteiger partial charge in [-0.15, -0.1) is 0 Å². The quantitative estimate of drug-likeness (QED) is 0.617. The van der Waals surface area contributed by atoms with E-state index in [1.807, 2.05) is 0 Å². The molecule has 0 bridgehead atoms. The molecule has 0 radical (unpaired) electrons. The maximum absolute atomic E-state index is 13.1. The van der Waals surface area contributed by atoms with Crippen LogP contribution in [0, 0.1) is 5.82 Å². The highest BCUT2D eigenvalue weighted by Crippen LogP contribution is 2.16. The molecule has 3 N–H and O–H groups in total. The Labute approximate surface area is 125 Å². The van der Waals surface area contributed by atoms with Crippen molar-refractivity contribution in [2.75, 3.05) is 31.9 Å². The van der Waals surface area contributed by atoms with Gasteiger partial charge >= 0.3 is 0 Å². The molecule has 1 aliphatic rings. The summed E-state index contributed by atoms with van der Waals surface area (Å²) in [5, 5.41) is 0. The van der Waals surface area contributed by atoms with Gasteiger partial charge in [0.2, 0.25) is 10.0 Å². The Kier molecular flexibility index (Phi) is 5.55. The smallest absolute Gasteiger partial charge is 0.240 e. The molecule has 0 atom stereocenters. The van der Waals surface area contributed by atoms with E-state index in [-0.39, 0.29) is 10.6 Å². The van der Waals surface area contributed by atoms with E-state index in [4.69, 9.17) is 5.73 Å². The lowest BCUT2D eigenvalue weighted by molar-refractivity contribution is 0.227. The third-order valence-corrected chi connectivity index (χ3v) is 5.13. The molecule has 0 aromatic heterocycles. The highest BCUT2D eigenvalue weighted by molar-refractivity contribution is 7.89. The standard InChI is InChI=1S/C14H22FN3O2S/c15-13-6-5-12(11-14(13)16)21(19,20)17-7-4-10-18-8-2-1-3-9-18/h5-6,11,17H,1-4,7-10,16H2. The number of nitrogens with one attached hydrogen (secondary N) is 1. The molecule has 2 rings (SSSR count). The lowest BCUT2D eigenvalue weighted by atomic mass is 10.1. The van der Waals surface area contributed by atoms with Crippen LogP contribution >= 0.6 is 0 Å². The average molecular weight is 315 g/mol. The van der Waals surface area contributed by atoms with Crippen LogP contribution in [0.3, 0.4) is 0 Å². The summed E-state index contributed by atoms with van der Waals surface area (Å²) in [5.41, 5.74) is 5.23. The molecule has 1 saturated heterocycles. The number of hydrogen-bond acceptors (Lipinski definition) is 4. The Morgan fingerprint density at radius 2 is 1.95 bits per heavy atom. The van der Waals surface area contributed by atoms with Crippen molar-refractivity contribution in [3.05, 3.63) is 24.0 Å². The SMILES string of the molecule is Nc1cc(S(=O)(=O)NCCCN2CCCCC2)ccc1F. The number of benzene rings is 1. The van der Waals surface area contributed by atoms with Crippen LogP contribution in [0.5, 0.6) is 0 Å². The summed E-state index contributed by atoms with van der Waals surface area (Å²) in [5.74, 6) is -0.612. The first-order valence-corrected chi connectivity index (χ1v) is 8.74. The molecule has 1 aromatic rings. The van der Waals surface area contributed by atoms with Crippen LogP contribution in [0.25, 0.3) is 0 Å². The highest BCUT2D eigenvalue weighted by atomic mass is 32.2. The first-order valence-electron chi connectivity index (χ1n) is 7.26. The molecule has 0 saturated carbocycles. The van der Waals surface area contributed by atoms with Crippen molar-refractivity contribution in [2.24, 2.45) is 0 Å². The van der Waals surface area contributed by atoms with Crippen molar-refractivity contribution in [2.45, 2.75) is 30.6 Å². The molecule has 1 fully saturated rings. The van der Waals surface area contributed by atoms with Crippen molar-refractivity contribution in [1.29, 1.82) is 0 Å². The van der Waals surface area contributed by atoms with Crippen LogP contribution in [0.4, 0.5) is 10.1 Å². The van der Waals surface area contributed by atoms with Crippen LogP contribution in [-0.4, -0.2) is 39.5 Å². The summed E-state index contributed by atoms with van der Waals surface area (Å²) in [4.78, 5) is 2.35. The number of nitrogens with two attached hydrogens (primary N) is 1. The number of sulfonamides is 1. The molecule has 118 valence electrons. The van der Waals surface area contributed by atoms with Gasteiger partial charge in [0.1, 0.15) is 5.82 Å². The molecule has 1 heterocycles. The van der Waals surface area contributed by atoms with Crippen molar-refractivity contribution in [3.8, 4) is 0 Å². The van der Waals surface area contributed by atoms with Crippen molar-refractivity contribution < 1.29 is 12.8 Å². The Morgan fingerprint density at radius 1 is 1.24 bits per heavy atom. The van der Waals surface area contributed by atoms with E-state index in [9.17, 15) is 12.8 Å². The predicted octanol–water partition coefficient (Wildman–Crippen LogP) is 1.56. The topological polar surface area (TPSA) is 75.4 Å². The normalized spacial score (nSPS) is 17.0. The molecule has 0 aliphatic carbocycles. The summed E-state index contributed by atoms with van der Waals surface area (Å²) < 4.78 is 39.7. The second-order valence-electron chi connectivity index (χ2n) is 5.34. The average Bonchev–Trinajstić information content (AvgIpc) is 2.47. The van der Waals surface area contributed by atoms with E-state index in [1.165, 1.54) is 25.3 Å². The van der Waals surface area contributed by atoms with Gasteiger partial charge in [-0.3, -0.25) is 0 Å². The molecule has 0 amide bonds. The van der Waals surface area contributed by atoms with Gasteiger partial charge < -0.3 is 10.6 Å². The summed E-state index contributed by atoms with van der Waals surface area (Å²) in [6, 6.07) is 3.43. The monoisotopic (exact) mass is 315 g/mol. The number of nitrogens with zero attached hydrogens (tertiary/aromatic N) is 1. The molecule has 7 heteroatoms. The first-order chi connectivity index (χ1) is 9.99. The lowest BCUT2D eigenvalue weighted by Crippen LogP contribution is -2.33. The zero-order chi connectivity index (χ0) is 15.3. The third-order valence-electron chi connectivity index (χ3n) is 3.67.